The number of amides is 1. The number of nitrogens with one attached hydrogen (secondary N) is 1. The van der Waals surface area contributed by atoms with E-state index in [0.717, 1.165) is 27.9 Å². The van der Waals surface area contributed by atoms with Crippen molar-refractivity contribution in [2.45, 2.75) is 32.2 Å². The second kappa shape index (κ2) is 7.12. The number of rotatable bonds is 5. The highest BCUT2D eigenvalue weighted by molar-refractivity contribution is 5.94. The molecule has 0 spiro atoms. The Hall–Kier alpha value is -2.73. The van der Waals surface area contributed by atoms with Gasteiger partial charge in [0, 0.05) is 30.2 Å². The maximum atomic E-state index is 12.3. The Morgan fingerprint density at radius 3 is 2.70 bits per heavy atom. The molecule has 2 heterocycles. The van der Waals surface area contributed by atoms with Crippen LogP contribution in [-0.4, -0.2) is 45.0 Å². The molecule has 1 aliphatic carbocycles. The van der Waals surface area contributed by atoms with Crippen molar-refractivity contribution in [2.24, 2.45) is 7.05 Å². The van der Waals surface area contributed by atoms with Crippen LogP contribution in [0.15, 0.2) is 36.7 Å². The van der Waals surface area contributed by atoms with Crippen LogP contribution in [0.3, 0.4) is 0 Å². The van der Waals surface area contributed by atoms with Gasteiger partial charge < -0.3 is 9.88 Å². The highest BCUT2D eigenvalue weighted by atomic mass is 16.2. The van der Waals surface area contributed by atoms with E-state index < -0.39 is 0 Å². The first-order valence-electron chi connectivity index (χ1n) is 9.40. The highest BCUT2D eigenvalue weighted by Gasteiger charge is 2.23. The highest BCUT2D eigenvalue weighted by Crippen LogP contribution is 2.26. The molecule has 1 aromatic carbocycles. The molecule has 0 bridgehead atoms. The summed E-state index contributed by atoms with van der Waals surface area (Å²) < 4.78 is 2.07. The van der Waals surface area contributed by atoms with Crippen LogP contribution in [0.25, 0.3) is 22.0 Å². The standard InChI is InChI=1S/C21H25N5O/c1-14-22-12-19(26(14)3)15-7-8-16-11-23-20(10-17(16)9-15)24-21(27)13-25(2)18-5-4-6-18/h7-12,18H,4-6,13H2,1-3H3,(H,23,24,27). The number of pyridine rings is 1. The number of anilines is 1. The third kappa shape index (κ3) is 3.57. The van der Waals surface area contributed by atoms with Crippen molar-refractivity contribution >= 4 is 22.5 Å². The molecule has 0 aliphatic heterocycles. The number of likely N-dealkylation sites (N-methyl/N-ethyl adjacent to an activating group) is 1. The number of fused-ring (bicyclic) bond motifs is 1. The SMILES string of the molecule is Cc1ncc(-c2ccc3cnc(NC(=O)CN(C)C4CCC4)cc3c2)n1C. The van der Waals surface area contributed by atoms with Crippen molar-refractivity contribution in [3.8, 4) is 11.3 Å². The second-order valence-corrected chi connectivity index (χ2v) is 7.43. The first kappa shape index (κ1) is 17.7. The molecule has 6 heteroatoms. The minimum absolute atomic E-state index is 0.0188. The Balaban J connectivity index is 1.53. The van der Waals surface area contributed by atoms with Gasteiger partial charge in [0.2, 0.25) is 5.91 Å². The van der Waals surface area contributed by atoms with E-state index in [1.54, 1.807) is 6.20 Å². The summed E-state index contributed by atoms with van der Waals surface area (Å²) in [6, 6.07) is 8.72. The quantitative estimate of drug-likeness (QED) is 0.755. The Morgan fingerprint density at radius 1 is 1.22 bits per heavy atom. The van der Waals surface area contributed by atoms with E-state index in [0.29, 0.717) is 18.4 Å². The number of hydrogen-bond donors (Lipinski definition) is 1. The third-order valence-electron chi connectivity index (χ3n) is 5.60. The summed E-state index contributed by atoms with van der Waals surface area (Å²) in [6.07, 6.45) is 7.33. The normalized spacial score (nSPS) is 14.5. The molecule has 2 aromatic heterocycles. The minimum atomic E-state index is -0.0188. The first-order chi connectivity index (χ1) is 13.0. The molecule has 0 saturated heterocycles. The van der Waals surface area contributed by atoms with Crippen molar-refractivity contribution in [2.75, 3.05) is 18.9 Å². The third-order valence-corrected chi connectivity index (χ3v) is 5.60. The van der Waals surface area contributed by atoms with E-state index in [9.17, 15) is 4.79 Å². The zero-order chi connectivity index (χ0) is 19.0. The molecule has 0 radical (unpaired) electrons. The summed E-state index contributed by atoms with van der Waals surface area (Å²) in [6.45, 7) is 2.39. The van der Waals surface area contributed by atoms with E-state index in [1.165, 1.54) is 19.3 Å². The van der Waals surface area contributed by atoms with Crippen molar-refractivity contribution < 1.29 is 4.79 Å². The molecule has 3 aromatic rings. The Morgan fingerprint density at radius 2 is 2.04 bits per heavy atom. The molecule has 1 N–H and O–H groups in total. The Bertz CT molecular complexity index is 989. The average molecular weight is 363 g/mol. The minimum Gasteiger partial charge on any atom is -0.331 e. The molecule has 0 atom stereocenters. The smallest absolute Gasteiger partial charge is 0.239 e. The number of benzene rings is 1. The molecule has 1 amide bonds. The van der Waals surface area contributed by atoms with Gasteiger partial charge in [-0.05, 0) is 44.3 Å². The van der Waals surface area contributed by atoms with Gasteiger partial charge in [0.05, 0.1) is 18.4 Å². The molecule has 140 valence electrons. The van der Waals surface area contributed by atoms with Gasteiger partial charge >= 0.3 is 0 Å². The van der Waals surface area contributed by atoms with Gasteiger partial charge in [-0.15, -0.1) is 0 Å². The second-order valence-electron chi connectivity index (χ2n) is 7.43. The molecule has 1 saturated carbocycles. The maximum Gasteiger partial charge on any atom is 0.239 e. The van der Waals surface area contributed by atoms with Crippen LogP contribution in [0, 0.1) is 6.92 Å². The Kier molecular flexibility index (Phi) is 4.66. The number of imidazole rings is 1. The zero-order valence-corrected chi connectivity index (χ0v) is 16.1. The fourth-order valence-corrected chi connectivity index (χ4v) is 3.50. The number of nitrogens with zero attached hydrogens (tertiary/aromatic N) is 4. The Labute approximate surface area is 159 Å². The van der Waals surface area contributed by atoms with Crippen molar-refractivity contribution in [3.05, 3.63) is 42.5 Å². The van der Waals surface area contributed by atoms with Gasteiger partial charge in [-0.2, -0.15) is 0 Å². The first-order valence-corrected chi connectivity index (χ1v) is 9.40. The molecule has 1 fully saturated rings. The lowest BCUT2D eigenvalue weighted by atomic mass is 9.92. The summed E-state index contributed by atoms with van der Waals surface area (Å²) in [4.78, 5) is 23.2. The van der Waals surface area contributed by atoms with Crippen LogP contribution in [0.5, 0.6) is 0 Å². The fourth-order valence-electron chi connectivity index (χ4n) is 3.50. The van der Waals surface area contributed by atoms with E-state index in [-0.39, 0.29) is 5.91 Å². The summed E-state index contributed by atoms with van der Waals surface area (Å²) in [7, 11) is 4.03. The molecule has 1 aliphatic rings. The fraction of sp³-hybridized carbons (Fsp3) is 0.381. The predicted molar refractivity (Wildman–Crippen MR) is 108 cm³/mol. The number of aromatic nitrogens is 3. The lowest BCUT2D eigenvalue weighted by Gasteiger charge is -2.34. The lowest BCUT2D eigenvalue weighted by Crippen LogP contribution is -2.41. The number of hydrogen-bond acceptors (Lipinski definition) is 4. The monoisotopic (exact) mass is 363 g/mol. The van der Waals surface area contributed by atoms with Crippen LogP contribution in [0.1, 0.15) is 25.1 Å². The predicted octanol–water partition coefficient (Wildman–Crippen LogP) is 3.37. The van der Waals surface area contributed by atoms with E-state index in [2.05, 4.69) is 43.0 Å². The molecule has 27 heavy (non-hydrogen) atoms. The van der Waals surface area contributed by atoms with E-state index in [4.69, 9.17) is 0 Å². The van der Waals surface area contributed by atoms with Gasteiger partial charge in [0.15, 0.2) is 0 Å². The maximum absolute atomic E-state index is 12.3. The molecule has 6 nitrogen and oxygen atoms in total. The summed E-state index contributed by atoms with van der Waals surface area (Å²) >= 11 is 0. The lowest BCUT2D eigenvalue weighted by molar-refractivity contribution is -0.117. The average Bonchev–Trinajstić information content (AvgIpc) is 2.91. The van der Waals surface area contributed by atoms with Crippen LogP contribution in [0.4, 0.5) is 5.82 Å². The van der Waals surface area contributed by atoms with Crippen molar-refractivity contribution in [3.63, 3.8) is 0 Å². The van der Waals surface area contributed by atoms with Crippen molar-refractivity contribution in [1.29, 1.82) is 0 Å². The molecular weight excluding hydrogens is 338 g/mol. The van der Waals surface area contributed by atoms with Crippen LogP contribution >= 0.6 is 0 Å². The van der Waals surface area contributed by atoms with Crippen LogP contribution in [0.2, 0.25) is 0 Å². The summed E-state index contributed by atoms with van der Waals surface area (Å²) in [5, 5.41) is 5.02. The summed E-state index contributed by atoms with van der Waals surface area (Å²) in [5.41, 5.74) is 2.16. The van der Waals surface area contributed by atoms with Gasteiger partial charge in [0.1, 0.15) is 11.6 Å². The van der Waals surface area contributed by atoms with Gasteiger partial charge in [0.25, 0.3) is 0 Å². The van der Waals surface area contributed by atoms with Crippen LogP contribution < -0.4 is 5.32 Å². The van der Waals surface area contributed by atoms with Crippen molar-refractivity contribution in [1.82, 2.24) is 19.4 Å². The topological polar surface area (TPSA) is 63.1 Å². The van der Waals surface area contributed by atoms with Crippen LogP contribution in [-0.2, 0) is 11.8 Å². The van der Waals surface area contributed by atoms with E-state index >= 15 is 0 Å². The van der Waals surface area contributed by atoms with Gasteiger partial charge in [-0.3, -0.25) is 9.69 Å². The molecular formula is C21H25N5O. The van der Waals surface area contributed by atoms with E-state index in [1.807, 2.05) is 33.3 Å². The number of carbonyl (C=O) groups excluding carboxylic acids is 1. The largest absolute Gasteiger partial charge is 0.331 e. The number of carbonyl (C=O) groups is 1. The molecule has 4 rings (SSSR count). The zero-order valence-electron chi connectivity index (χ0n) is 16.1. The molecule has 0 unspecified atom stereocenters. The summed E-state index contributed by atoms with van der Waals surface area (Å²) in [5.74, 6) is 1.55. The van der Waals surface area contributed by atoms with Gasteiger partial charge in [-0.1, -0.05) is 18.6 Å². The van der Waals surface area contributed by atoms with Gasteiger partial charge in [-0.25, -0.2) is 9.97 Å². The number of aryl methyl sites for hydroxylation is 1.